The molecule has 2 heteroatoms. The summed E-state index contributed by atoms with van der Waals surface area (Å²) in [5.41, 5.74) is 6.17. The molecule has 2 atom stereocenters. The van der Waals surface area contributed by atoms with Crippen LogP contribution in [0.15, 0.2) is 0 Å². The van der Waals surface area contributed by atoms with E-state index in [1.54, 1.807) is 0 Å². The van der Waals surface area contributed by atoms with Gasteiger partial charge in [0.2, 0.25) is 0 Å². The van der Waals surface area contributed by atoms with Gasteiger partial charge >= 0.3 is 0 Å². The molecule has 1 heterocycles. The van der Waals surface area contributed by atoms with Crippen LogP contribution in [0.5, 0.6) is 0 Å². The molecule has 0 bridgehead atoms. The van der Waals surface area contributed by atoms with Crippen molar-refractivity contribution in [3.63, 3.8) is 0 Å². The molecule has 2 rings (SSSR count). The number of likely N-dealkylation sites (tertiary alicyclic amines) is 1. The number of nitrogens with two attached hydrogens (primary N) is 1. The van der Waals surface area contributed by atoms with Gasteiger partial charge in [-0.25, -0.2) is 0 Å². The predicted octanol–water partition coefficient (Wildman–Crippen LogP) is 1.21. The zero-order valence-corrected chi connectivity index (χ0v) is 8.21. The standard InChI is InChI=1S/C10H20N2/c1-8(9-3-4-9)12-6-5-10(2,11)7-12/h8-9H,3-7,11H2,1-2H3. The van der Waals surface area contributed by atoms with Gasteiger partial charge in [0.25, 0.3) is 0 Å². The summed E-state index contributed by atoms with van der Waals surface area (Å²) in [4.78, 5) is 2.57. The summed E-state index contributed by atoms with van der Waals surface area (Å²) in [6, 6.07) is 0.787. The first-order valence-electron chi connectivity index (χ1n) is 5.11. The molecule has 0 aromatic heterocycles. The lowest BCUT2D eigenvalue weighted by molar-refractivity contribution is 0.223. The van der Waals surface area contributed by atoms with Crippen LogP contribution in [0.1, 0.15) is 33.1 Å². The third-order valence-corrected chi connectivity index (χ3v) is 3.41. The molecule has 2 unspecified atom stereocenters. The number of rotatable bonds is 2. The third kappa shape index (κ3) is 1.64. The predicted molar refractivity (Wildman–Crippen MR) is 51.0 cm³/mol. The molecule has 1 aliphatic carbocycles. The van der Waals surface area contributed by atoms with E-state index >= 15 is 0 Å². The molecule has 1 aliphatic heterocycles. The second-order valence-electron chi connectivity index (χ2n) is 4.95. The lowest BCUT2D eigenvalue weighted by atomic mass is 10.0. The van der Waals surface area contributed by atoms with Crippen molar-refractivity contribution >= 4 is 0 Å². The average molecular weight is 168 g/mol. The van der Waals surface area contributed by atoms with Gasteiger partial charge in [-0.15, -0.1) is 0 Å². The molecule has 1 saturated heterocycles. The molecular formula is C10H20N2. The Labute approximate surface area is 75.1 Å². The Morgan fingerprint density at radius 3 is 2.58 bits per heavy atom. The average Bonchev–Trinajstić information content (AvgIpc) is 2.75. The molecule has 70 valence electrons. The minimum absolute atomic E-state index is 0.0865. The summed E-state index contributed by atoms with van der Waals surface area (Å²) < 4.78 is 0. The topological polar surface area (TPSA) is 29.3 Å². The van der Waals surface area contributed by atoms with Crippen LogP contribution in [0.3, 0.4) is 0 Å². The minimum Gasteiger partial charge on any atom is -0.324 e. The van der Waals surface area contributed by atoms with E-state index in [2.05, 4.69) is 18.7 Å². The number of hydrogen-bond acceptors (Lipinski definition) is 2. The van der Waals surface area contributed by atoms with Gasteiger partial charge in [0.15, 0.2) is 0 Å². The second kappa shape index (κ2) is 2.71. The molecule has 2 N–H and O–H groups in total. The van der Waals surface area contributed by atoms with E-state index in [4.69, 9.17) is 5.73 Å². The first-order chi connectivity index (χ1) is 5.58. The van der Waals surface area contributed by atoms with Crippen molar-refractivity contribution in [3.05, 3.63) is 0 Å². The van der Waals surface area contributed by atoms with E-state index in [-0.39, 0.29) is 5.54 Å². The summed E-state index contributed by atoms with van der Waals surface area (Å²) in [6.07, 6.45) is 4.06. The highest BCUT2D eigenvalue weighted by molar-refractivity contribution is 4.95. The molecule has 12 heavy (non-hydrogen) atoms. The molecule has 0 radical (unpaired) electrons. The maximum atomic E-state index is 6.08. The monoisotopic (exact) mass is 168 g/mol. The van der Waals surface area contributed by atoms with E-state index in [1.807, 2.05) is 0 Å². The Morgan fingerprint density at radius 1 is 1.50 bits per heavy atom. The highest BCUT2D eigenvalue weighted by Crippen LogP contribution is 2.37. The molecule has 0 aromatic rings. The highest BCUT2D eigenvalue weighted by atomic mass is 15.2. The summed E-state index contributed by atoms with van der Waals surface area (Å²) in [5, 5.41) is 0. The summed E-state index contributed by atoms with van der Waals surface area (Å²) in [7, 11) is 0. The third-order valence-electron chi connectivity index (χ3n) is 3.41. The smallest absolute Gasteiger partial charge is 0.0267 e. The maximum Gasteiger partial charge on any atom is 0.0267 e. The van der Waals surface area contributed by atoms with E-state index < -0.39 is 0 Å². The first kappa shape index (κ1) is 8.52. The minimum atomic E-state index is 0.0865. The van der Waals surface area contributed by atoms with Crippen LogP contribution in [0.25, 0.3) is 0 Å². The number of hydrogen-bond donors (Lipinski definition) is 1. The van der Waals surface area contributed by atoms with Gasteiger partial charge in [-0.3, -0.25) is 4.90 Å². The SMILES string of the molecule is CC(C1CC1)N1CCC(C)(N)C1. The zero-order chi connectivity index (χ0) is 8.77. The summed E-state index contributed by atoms with van der Waals surface area (Å²) in [5.74, 6) is 0.985. The Kier molecular flexibility index (Phi) is 1.92. The molecule has 2 nitrogen and oxygen atoms in total. The lowest BCUT2D eigenvalue weighted by Crippen LogP contribution is -2.41. The van der Waals surface area contributed by atoms with E-state index in [0.717, 1.165) is 18.5 Å². The summed E-state index contributed by atoms with van der Waals surface area (Å²) in [6.45, 7) is 6.85. The Morgan fingerprint density at radius 2 is 2.17 bits per heavy atom. The van der Waals surface area contributed by atoms with Gasteiger partial charge in [0.05, 0.1) is 0 Å². The molecular weight excluding hydrogens is 148 g/mol. The van der Waals surface area contributed by atoms with Crippen molar-refractivity contribution in [2.45, 2.75) is 44.7 Å². The van der Waals surface area contributed by atoms with Gasteiger partial charge < -0.3 is 5.73 Å². The lowest BCUT2D eigenvalue weighted by Gasteiger charge is -2.25. The van der Waals surface area contributed by atoms with Crippen LogP contribution in [-0.4, -0.2) is 29.6 Å². The van der Waals surface area contributed by atoms with Gasteiger partial charge in [-0.2, -0.15) is 0 Å². The Bertz CT molecular complexity index is 173. The largest absolute Gasteiger partial charge is 0.324 e. The van der Waals surface area contributed by atoms with Crippen LogP contribution in [0.4, 0.5) is 0 Å². The van der Waals surface area contributed by atoms with Crippen molar-refractivity contribution in [1.82, 2.24) is 4.90 Å². The van der Waals surface area contributed by atoms with Crippen LogP contribution < -0.4 is 5.73 Å². The van der Waals surface area contributed by atoms with E-state index in [0.29, 0.717) is 0 Å². The van der Waals surface area contributed by atoms with Crippen LogP contribution in [0, 0.1) is 5.92 Å². The second-order valence-corrected chi connectivity index (χ2v) is 4.95. The number of nitrogens with zero attached hydrogens (tertiary/aromatic N) is 1. The van der Waals surface area contributed by atoms with Gasteiger partial charge in [-0.1, -0.05) is 0 Å². The molecule has 0 amide bonds. The van der Waals surface area contributed by atoms with Crippen molar-refractivity contribution in [1.29, 1.82) is 0 Å². The molecule has 2 aliphatic rings. The fraction of sp³-hybridized carbons (Fsp3) is 1.00. The Balaban J connectivity index is 1.89. The van der Waals surface area contributed by atoms with Gasteiger partial charge in [0, 0.05) is 24.7 Å². The molecule has 0 aromatic carbocycles. The maximum absolute atomic E-state index is 6.08. The highest BCUT2D eigenvalue weighted by Gasteiger charge is 2.38. The van der Waals surface area contributed by atoms with Crippen molar-refractivity contribution in [2.24, 2.45) is 11.7 Å². The van der Waals surface area contributed by atoms with Crippen molar-refractivity contribution < 1.29 is 0 Å². The van der Waals surface area contributed by atoms with E-state index in [9.17, 15) is 0 Å². The summed E-state index contributed by atoms with van der Waals surface area (Å²) >= 11 is 0. The van der Waals surface area contributed by atoms with Gasteiger partial charge in [0.1, 0.15) is 0 Å². The van der Waals surface area contributed by atoms with Crippen LogP contribution in [0.2, 0.25) is 0 Å². The molecule has 0 spiro atoms. The fourth-order valence-corrected chi connectivity index (χ4v) is 2.25. The van der Waals surface area contributed by atoms with Crippen molar-refractivity contribution in [2.75, 3.05) is 13.1 Å². The van der Waals surface area contributed by atoms with E-state index in [1.165, 1.54) is 25.8 Å². The van der Waals surface area contributed by atoms with Gasteiger partial charge in [-0.05, 0) is 39.0 Å². The fourth-order valence-electron chi connectivity index (χ4n) is 2.25. The zero-order valence-electron chi connectivity index (χ0n) is 8.21. The molecule has 2 fully saturated rings. The first-order valence-corrected chi connectivity index (χ1v) is 5.11. The van der Waals surface area contributed by atoms with Crippen molar-refractivity contribution in [3.8, 4) is 0 Å². The van der Waals surface area contributed by atoms with Crippen LogP contribution in [-0.2, 0) is 0 Å². The van der Waals surface area contributed by atoms with Crippen LogP contribution >= 0.6 is 0 Å². The Hall–Kier alpha value is -0.0800. The quantitative estimate of drug-likeness (QED) is 0.671. The molecule has 1 saturated carbocycles. The normalized spacial score (nSPS) is 40.2.